The zero-order chi connectivity index (χ0) is 10.5. The van der Waals surface area contributed by atoms with Crippen LogP contribution in [0.5, 0.6) is 0 Å². The van der Waals surface area contributed by atoms with Crippen molar-refractivity contribution in [3.05, 3.63) is 53.6 Å². The first-order chi connectivity index (χ1) is 7.36. The molecule has 2 aromatic rings. The standard InChI is InChI=1S/C11H10ClN3/c12-11-10(5-3-7-14-11)15-8-9-4-1-2-6-13-9/h1-7,15H,8H2. The molecule has 2 aromatic heterocycles. The first-order valence-electron chi connectivity index (χ1n) is 4.60. The lowest BCUT2D eigenvalue weighted by atomic mass is 10.3. The summed E-state index contributed by atoms with van der Waals surface area (Å²) >= 11 is 5.90. The monoisotopic (exact) mass is 219 g/mol. The molecular formula is C11H10ClN3. The summed E-state index contributed by atoms with van der Waals surface area (Å²) in [5.41, 5.74) is 1.79. The molecule has 1 N–H and O–H groups in total. The van der Waals surface area contributed by atoms with E-state index in [-0.39, 0.29) is 0 Å². The van der Waals surface area contributed by atoms with Gasteiger partial charge < -0.3 is 5.32 Å². The van der Waals surface area contributed by atoms with E-state index in [1.807, 2.05) is 30.3 Å². The fraction of sp³-hybridized carbons (Fsp3) is 0.0909. The molecule has 2 rings (SSSR count). The molecule has 0 amide bonds. The van der Waals surface area contributed by atoms with Crippen molar-refractivity contribution < 1.29 is 0 Å². The highest BCUT2D eigenvalue weighted by Gasteiger charge is 1.99. The van der Waals surface area contributed by atoms with Crippen LogP contribution in [-0.2, 0) is 6.54 Å². The second kappa shape index (κ2) is 4.75. The predicted octanol–water partition coefficient (Wildman–Crippen LogP) is 2.74. The summed E-state index contributed by atoms with van der Waals surface area (Å²) in [6.07, 6.45) is 3.43. The van der Waals surface area contributed by atoms with Crippen LogP contribution in [0.25, 0.3) is 0 Å². The van der Waals surface area contributed by atoms with E-state index in [9.17, 15) is 0 Å². The van der Waals surface area contributed by atoms with Gasteiger partial charge in [0.2, 0.25) is 0 Å². The summed E-state index contributed by atoms with van der Waals surface area (Å²) in [6, 6.07) is 9.53. The fourth-order valence-corrected chi connectivity index (χ4v) is 1.39. The van der Waals surface area contributed by atoms with E-state index in [2.05, 4.69) is 15.3 Å². The molecule has 3 nitrogen and oxygen atoms in total. The van der Waals surface area contributed by atoms with Gasteiger partial charge in [-0.15, -0.1) is 0 Å². The molecule has 15 heavy (non-hydrogen) atoms. The van der Waals surface area contributed by atoms with Gasteiger partial charge in [0, 0.05) is 12.4 Å². The Bertz CT molecular complexity index is 431. The topological polar surface area (TPSA) is 37.8 Å². The van der Waals surface area contributed by atoms with Gasteiger partial charge in [0.05, 0.1) is 17.9 Å². The number of nitrogens with zero attached hydrogens (tertiary/aromatic N) is 2. The van der Waals surface area contributed by atoms with Crippen molar-refractivity contribution in [2.75, 3.05) is 5.32 Å². The molecule has 76 valence electrons. The maximum atomic E-state index is 5.90. The number of aromatic nitrogens is 2. The largest absolute Gasteiger partial charge is 0.377 e. The lowest BCUT2D eigenvalue weighted by Crippen LogP contribution is -2.01. The summed E-state index contributed by atoms with van der Waals surface area (Å²) in [5, 5.41) is 3.65. The Hall–Kier alpha value is -1.61. The smallest absolute Gasteiger partial charge is 0.152 e. The predicted molar refractivity (Wildman–Crippen MR) is 60.8 cm³/mol. The van der Waals surface area contributed by atoms with Crippen molar-refractivity contribution in [2.45, 2.75) is 6.54 Å². The first kappa shape index (κ1) is 9.93. The number of hydrogen-bond acceptors (Lipinski definition) is 3. The van der Waals surface area contributed by atoms with Crippen molar-refractivity contribution in [2.24, 2.45) is 0 Å². The zero-order valence-electron chi connectivity index (χ0n) is 8.02. The van der Waals surface area contributed by atoms with Crippen LogP contribution >= 0.6 is 11.6 Å². The van der Waals surface area contributed by atoms with E-state index in [0.717, 1.165) is 11.4 Å². The normalized spacial score (nSPS) is 9.93. The third-order valence-corrected chi connectivity index (χ3v) is 2.25. The van der Waals surface area contributed by atoms with Crippen molar-refractivity contribution in [3.8, 4) is 0 Å². The van der Waals surface area contributed by atoms with E-state index < -0.39 is 0 Å². The molecule has 0 aliphatic heterocycles. The second-order valence-electron chi connectivity index (χ2n) is 3.02. The van der Waals surface area contributed by atoms with Crippen LogP contribution in [0.15, 0.2) is 42.7 Å². The van der Waals surface area contributed by atoms with E-state index >= 15 is 0 Å². The summed E-state index contributed by atoms with van der Waals surface area (Å²) in [6.45, 7) is 0.645. The Morgan fingerprint density at radius 1 is 1.07 bits per heavy atom. The van der Waals surface area contributed by atoms with Gasteiger partial charge in [0.15, 0.2) is 5.15 Å². The van der Waals surface area contributed by atoms with Gasteiger partial charge in [-0.3, -0.25) is 4.98 Å². The summed E-state index contributed by atoms with van der Waals surface area (Å²) < 4.78 is 0. The van der Waals surface area contributed by atoms with Gasteiger partial charge in [-0.05, 0) is 24.3 Å². The number of anilines is 1. The molecule has 0 saturated heterocycles. The highest BCUT2D eigenvalue weighted by molar-refractivity contribution is 6.31. The molecule has 2 heterocycles. The van der Waals surface area contributed by atoms with Crippen LogP contribution in [0.4, 0.5) is 5.69 Å². The number of halogens is 1. The van der Waals surface area contributed by atoms with Gasteiger partial charge in [-0.1, -0.05) is 17.7 Å². The molecule has 0 aliphatic carbocycles. The number of rotatable bonds is 3. The number of nitrogens with one attached hydrogen (secondary N) is 1. The average Bonchev–Trinajstić information content (AvgIpc) is 2.29. The average molecular weight is 220 g/mol. The number of pyridine rings is 2. The van der Waals surface area contributed by atoms with Gasteiger partial charge in [0.1, 0.15) is 0 Å². The number of hydrogen-bond donors (Lipinski definition) is 1. The minimum Gasteiger partial charge on any atom is -0.377 e. The van der Waals surface area contributed by atoms with Crippen molar-refractivity contribution in [3.63, 3.8) is 0 Å². The molecule has 0 spiro atoms. The van der Waals surface area contributed by atoms with Crippen LogP contribution < -0.4 is 5.32 Å². The summed E-state index contributed by atoms with van der Waals surface area (Å²) in [5.74, 6) is 0. The summed E-state index contributed by atoms with van der Waals surface area (Å²) in [7, 11) is 0. The molecule has 0 saturated carbocycles. The van der Waals surface area contributed by atoms with Gasteiger partial charge in [-0.2, -0.15) is 0 Å². The van der Waals surface area contributed by atoms with Gasteiger partial charge >= 0.3 is 0 Å². The van der Waals surface area contributed by atoms with Crippen molar-refractivity contribution >= 4 is 17.3 Å². The first-order valence-corrected chi connectivity index (χ1v) is 4.98. The van der Waals surface area contributed by atoms with Crippen molar-refractivity contribution in [1.29, 1.82) is 0 Å². The SMILES string of the molecule is Clc1ncccc1NCc1ccccn1. The van der Waals surface area contributed by atoms with Crippen LogP contribution in [0, 0.1) is 0 Å². The quantitative estimate of drug-likeness (QED) is 0.807. The Balaban J connectivity index is 2.03. The summed E-state index contributed by atoms with van der Waals surface area (Å²) in [4.78, 5) is 8.17. The fourth-order valence-electron chi connectivity index (χ4n) is 1.21. The van der Waals surface area contributed by atoms with Crippen molar-refractivity contribution in [1.82, 2.24) is 9.97 Å². The van der Waals surface area contributed by atoms with E-state index in [1.54, 1.807) is 12.4 Å². The highest BCUT2D eigenvalue weighted by atomic mass is 35.5. The third-order valence-electron chi connectivity index (χ3n) is 1.95. The molecular weight excluding hydrogens is 210 g/mol. The van der Waals surface area contributed by atoms with E-state index in [1.165, 1.54) is 0 Å². The van der Waals surface area contributed by atoms with Crippen LogP contribution in [-0.4, -0.2) is 9.97 Å². The lowest BCUT2D eigenvalue weighted by Gasteiger charge is -2.06. The maximum absolute atomic E-state index is 5.90. The molecule has 0 bridgehead atoms. The van der Waals surface area contributed by atoms with Crippen LogP contribution in [0.2, 0.25) is 5.15 Å². The molecule has 0 aromatic carbocycles. The van der Waals surface area contributed by atoms with Gasteiger partial charge in [-0.25, -0.2) is 4.98 Å². The minimum atomic E-state index is 0.480. The highest BCUT2D eigenvalue weighted by Crippen LogP contribution is 2.17. The van der Waals surface area contributed by atoms with Crippen LogP contribution in [0.3, 0.4) is 0 Å². The van der Waals surface area contributed by atoms with E-state index in [0.29, 0.717) is 11.7 Å². The molecule has 4 heteroatoms. The Morgan fingerprint density at radius 2 is 1.93 bits per heavy atom. The Kier molecular flexibility index (Phi) is 3.15. The van der Waals surface area contributed by atoms with Gasteiger partial charge in [0.25, 0.3) is 0 Å². The molecule has 0 unspecified atom stereocenters. The molecule has 0 fully saturated rings. The zero-order valence-corrected chi connectivity index (χ0v) is 8.78. The Morgan fingerprint density at radius 3 is 2.67 bits per heavy atom. The Labute approximate surface area is 93.1 Å². The van der Waals surface area contributed by atoms with Crippen LogP contribution in [0.1, 0.15) is 5.69 Å². The lowest BCUT2D eigenvalue weighted by molar-refractivity contribution is 1.04. The minimum absolute atomic E-state index is 0.480. The third kappa shape index (κ3) is 2.67. The molecule has 0 radical (unpaired) electrons. The maximum Gasteiger partial charge on any atom is 0.152 e. The second-order valence-corrected chi connectivity index (χ2v) is 3.37. The molecule has 0 atom stereocenters. The van der Waals surface area contributed by atoms with E-state index in [4.69, 9.17) is 11.6 Å². The molecule has 0 aliphatic rings.